The second kappa shape index (κ2) is 6.19. The fourth-order valence-electron chi connectivity index (χ4n) is 1.21. The summed E-state index contributed by atoms with van der Waals surface area (Å²) in [6.07, 6.45) is 0.583. The third kappa shape index (κ3) is 3.42. The van der Waals surface area contributed by atoms with Gasteiger partial charge in [-0.25, -0.2) is 0 Å². The van der Waals surface area contributed by atoms with Gasteiger partial charge in [0.25, 0.3) is 0 Å². The molecule has 0 radical (unpaired) electrons. The third-order valence-corrected chi connectivity index (χ3v) is 3.23. The van der Waals surface area contributed by atoms with E-state index in [1.165, 1.54) is 4.88 Å². The molecular formula is C10H14BrNOS. The fourth-order valence-corrected chi connectivity index (χ4v) is 2.26. The first-order valence-electron chi connectivity index (χ1n) is 4.64. The van der Waals surface area contributed by atoms with Crippen LogP contribution in [0.3, 0.4) is 0 Å². The summed E-state index contributed by atoms with van der Waals surface area (Å²) in [6.45, 7) is 3.55. The maximum atomic E-state index is 11.6. The molecule has 0 aliphatic carbocycles. The molecule has 1 aromatic heterocycles. The SMILES string of the molecule is CCN(Cc1cccs1)C(=O)CCBr. The molecule has 1 heterocycles. The van der Waals surface area contributed by atoms with E-state index in [-0.39, 0.29) is 5.91 Å². The summed E-state index contributed by atoms with van der Waals surface area (Å²) >= 11 is 4.98. The molecule has 0 saturated heterocycles. The Hall–Kier alpha value is -0.350. The largest absolute Gasteiger partial charge is 0.338 e. The van der Waals surface area contributed by atoms with Crippen LogP contribution in [0.4, 0.5) is 0 Å². The molecule has 0 bridgehead atoms. The Morgan fingerprint density at radius 2 is 2.43 bits per heavy atom. The number of hydrogen-bond donors (Lipinski definition) is 0. The van der Waals surface area contributed by atoms with Gasteiger partial charge >= 0.3 is 0 Å². The molecular weight excluding hydrogens is 262 g/mol. The van der Waals surface area contributed by atoms with E-state index in [9.17, 15) is 4.79 Å². The Kier molecular flexibility index (Phi) is 5.19. The van der Waals surface area contributed by atoms with Gasteiger partial charge in [0.2, 0.25) is 5.91 Å². The lowest BCUT2D eigenvalue weighted by Gasteiger charge is -2.19. The molecule has 0 aliphatic rings. The average Bonchev–Trinajstić information content (AvgIpc) is 2.66. The topological polar surface area (TPSA) is 20.3 Å². The number of carbonyl (C=O) groups excluding carboxylic acids is 1. The van der Waals surface area contributed by atoms with Crippen molar-refractivity contribution in [2.45, 2.75) is 19.9 Å². The number of carbonyl (C=O) groups is 1. The van der Waals surface area contributed by atoms with Crippen molar-refractivity contribution in [1.29, 1.82) is 0 Å². The van der Waals surface area contributed by atoms with Gasteiger partial charge in [0.05, 0.1) is 6.54 Å². The van der Waals surface area contributed by atoms with Crippen LogP contribution < -0.4 is 0 Å². The van der Waals surface area contributed by atoms with E-state index >= 15 is 0 Å². The van der Waals surface area contributed by atoms with Crippen LogP contribution in [-0.2, 0) is 11.3 Å². The van der Waals surface area contributed by atoms with Crippen molar-refractivity contribution in [3.8, 4) is 0 Å². The highest BCUT2D eigenvalue weighted by Crippen LogP contribution is 2.12. The van der Waals surface area contributed by atoms with Crippen LogP contribution in [0, 0.1) is 0 Å². The first kappa shape index (κ1) is 11.7. The number of halogens is 1. The molecule has 1 amide bonds. The summed E-state index contributed by atoms with van der Waals surface area (Å²) in [6, 6.07) is 4.08. The van der Waals surface area contributed by atoms with Crippen LogP contribution >= 0.6 is 27.3 Å². The van der Waals surface area contributed by atoms with E-state index in [2.05, 4.69) is 22.0 Å². The van der Waals surface area contributed by atoms with Crippen LogP contribution in [0.25, 0.3) is 0 Å². The lowest BCUT2D eigenvalue weighted by atomic mass is 10.3. The summed E-state index contributed by atoms with van der Waals surface area (Å²) in [7, 11) is 0. The predicted octanol–water partition coefficient (Wildman–Crippen LogP) is 2.88. The van der Waals surface area contributed by atoms with E-state index in [0.717, 1.165) is 18.4 Å². The average molecular weight is 276 g/mol. The standard InChI is InChI=1S/C10H14BrNOS/c1-2-12(10(13)5-6-11)8-9-4-3-7-14-9/h3-4,7H,2,5-6,8H2,1H3. The van der Waals surface area contributed by atoms with Crippen molar-refractivity contribution in [2.75, 3.05) is 11.9 Å². The molecule has 78 valence electrons. The summed E-state index contributed by atoms with van der Waals surface area (Å²) < 4.78 is 0. The zero-order valence-electron chi connectivity index (χ0n) is 8.20. The molecule has 0 unspecified atom stereocenters. The minimum absolute atomic E-state index is 0.220. The molecule has 0 aliphatic heterocycles. The second-order valence-electron chi connectivity index (χ2n) is 2.93. The Labute approximate surface area is 97.1 Å². The second-order valence-corrected chi connectivity index (χ2v) is 4.75. The Bertz CT molecular complexity index is 274. The van der Waals surface area contributed by atoms with Gasteiger partial charge < -0.3 is 4.90 Å². The van der Waals surface area contributed by atoms with E-state index in [4.69, 9.17) is 0 Å². The van der Waals surface area contributed by atoms with Crippen molar-refractivity contribution in [2.24, 2.45) is 0 Å². The summed E-state index contributed by atoms with van der Waals surface area (Å²) in [5.74, 6) is 0.220. The first-order valence-corrected chi connectivity index (χ1v) is 6.64. The fraction of sp³-hybridized carbons (Fsp3) is 0.500. The van der Waals surface area contributed by atoms with Gasteiger partial charge in [0.15, 0.2) is 0 Å². The van der Waals surface area contributed by atoms with Crippen LogP contribution in [0.5, 0.6) is 0 Å². The molecule has 0 spiro atoms. The number of hydrogen-bond acceptors (Lipinski definition) is 2. The molecule has 0 N–H and O–H groups in total. The summed E-state index contributed by atoms with van der Waals surface area (Å²) in [4.78, 5) is 14.7. The number of thiophene rings is 1. The van der Waals surface area contributed by atoms with Crippen molar-refractivity contribution in [3.05, 3.63) is 22.4 Å². The molecule has 1 rings (SSSR count). The van der Waals surface area contributed by atoms with Gasteiger partial charge in [0.1, 0.15) is 0 Å². The van der Waals surface area contributed by atoms with E-state index in [0.29, 0.717) is 6.42 Å². The monoisotopic (exact) mass is 275 g/mol. The van der Waals surface area contributed by atoms with Crippen molar-refractivity contribution >= 4 is 33.2 Å². The summed E-state index contributed by atoms with van der Waals surface area (Å²) in [5, 5.41) is 2.78. The Morgan fingerprint density at radius 1 is 1.64 bits per heavy atom. The molecule has 0 saturated carbocycles. The van der Waals surface area contributed by atoms with Gasteiger partial charge in [-0.3, -0.25) is 4.79 Å². The maximum Gasteiger partial charge on any atom is 0.223 e. The van der Waals surface area contributed by atoms with Gasteiger partial charge in [0, 0.05) is 23.2 Å². The van der Waals surface area contributed by atoms with Crippen molar-refractivity contribution in [1.82, 2.24) is 4.90 Å². The zero-order valence-corrected chi connectivity index (χ0v) is 10.6. The lowest BCUT2D eigenvalue weighted by molar-refractivity contribution is -0.131. The number of amides is 1. The molecule has 14 heavy (non-hydrogen) atoms. The van der Waals surface area contributed by atoms with Gasteiger partial charge in [-0.2, -0.15) is 0 Å². The van der Waals surface area contributed by atoms with E-state index in [1.54, 1.807) is 11.3 Å². The van der Waals surface area contributed by atoms with Crippen LogP contribution in [-0.4, -0.2) is 22.7 Å². The smallest absolute Gasteiger partial charge is 0.223 e. The molecule has 0 fully saturated rings. The van der Waals surface area contributed by atoms with Crippen LogP contribution in [0.15, 0.2) is 17.5 Å². The lowest BCUT2D eigenvalue weighted by Crippen LogP contribution is -2.29. The zero-order chi connectivity index (χ0) is 10.4. The molecule has 0 atom stereocenters. The predicted molar refractivity (Wildman–Crippen MR) is 63.8 cm³/mol. The van der Waals surface area contributed by atoms with Crippen LogP contribution in [0.2, 0.25) is 0 Å². The molecule has 4 heteroatoms. The maximum absolute atomic E-state index is 11.6. The number of alkyl halides is 1. The number of rotatable bonds is 5. The van der Waals surface area contributed by atoms with Crippen molar-refractivity contribution in [3.63, 3.8) is 0 Å². The van der Waals surface area contributed by atoms with E-state index < -0.39 is 0 Å². The quantitative estimate of drug-likeness (QED) is 0.757. The highest BCUT2D eigenvalue weighted by atomic mass is 79.9. The minimum atomic E-state index is 0.220. The molecule has 0 aromatic carbocycles. The highest BCUT2D eigenvalue weighted by Gasteiger charge is 2.11. The minimum Gasteiger partial charge on any atom is -0.338 e. The van der Waals surface area contributed by atoms with Crippen molar-refractivity contribution < 1.29 is 4.79 Å². The number of nitrogens with zero attached hydrogens (tertiary/aromatic N) is 1. The Morgan fingerprint density at radius 3 is 2.93 bits per heavy atom. The first-order chi connectivity index (χ1) is 6.77. The van der Waals surface area contributed by atoms with Gasteiger partial charge in [-0.1, -0.05) is 22.0 Å². The van der Waals surface area contributed by atoms with Crippen LogP contribution in [0.1, 0.15) is 18.2 Å². The van der Waals surface area contributed by atoms with Gasteiger partial charge in [-0.05, 0) is 18.4 Å². The third-order valence-electron chi connectivity index (χ3n) is 1.97. The molecule has 1 aromatic rings. The highest BCUT2D eigenvalue weighted by molar-refractivity contribution is 9.09. The van der Waals surface area contributed by atoms with Gasteiger partial charge in [-0.15, -0.1) is 11.3 Å². The Balaban J connectivity index is 2.50. The summed E-state index contributed by atoms with van der Waals surface area (Å²) in [5.41, 5.74) is 0. The van der Waals surface area contributed by atoms with E-state index in [1.807, 2.05) is 23.3 Å². The normalized spacial score (nSPS) is 10.1. The molecule has 2 nitrogen and oxygen atoms in total.